The fourth-order valence-corrected chi connectivity index (χ4v) is 4.69. The summed E-state index contributed by atoms with van der Waals surface area (Å²) in [5.41, 5.74) is 5.63. The molecular formula is C20H17N3OS2. The van der Waals surface area contributed by atoms with Gasteiger partial charge in [-0.15, -0.1) is 17.9 Å². The molecule has 0 saturated heterocycles. The number of allylic oxidation sites excluding steroid dienone is 1. The molecule has 130 valence electrons. The van der Waals surface area contributed by atoms with Crippen LogP contribution >= 0.6 is 22.7 Å². The smallest absolute Gasteiger partial charge is 0.279 e. The summed E-state index contributed by atoms with van der Waals surface area (Å²) in [5.74, 6) is -0.236. The third-order valence-electron chi connectivity index (χ3n) is 4.24. The Bertz CT molecular complexity index is 1200. The van der Waals surface area contributed by atoms with E-state index in [-0.39, 0.29) is 5.91 Å². The average Bonchev–Trinajstić information content (AvgIpc) is 3.25. The molecule has 0 aliphatic rings. The first kappa shape index (κ1) is 16.9. The van der Waals surface area contributed by atoms with E-state index in [1.165, 1.54) is 28.2 Å². The van der Waals surface area contributed by atoms with Gasteiger partial charge in [0.25, 0.3) is 5.91 Å². The Kier molecular flexibility index (Phi) is 4.53. The predicted octanol–water partition coefficient (Wildman–Crippen LogP) is 4.80. The zero-order valence-corrected chi connectivity index (χ0v) is 15.9. The van der Waals surface area contributed by atoms with Gasteiger partial charge in [-0.3, -0.25) is 4.79 Å². The number of carbonyl (C=O) groups is 1. The summed E-state index contributed by atoms with van der Waals surface area (Å²) < 4.78 is 4.17. The van der Waals surface area contributed by atoms with Crippen LogP contribution in [0.2, 0.25) is 0 Å². The van der Waals surface area contributed by atoms with E-state index >= 15 is 0 Å². The van der Waals surface area contributed by atoms with Crippen molar-refractivity contribution in [3.63, 3.8) is 0 Å². The van der Waals surface area contributed by atoms with Gasteiger partial charge in [0.1, 0.15) is 0 Å². The molecule has 0 atom stereocenters. The van der Waals surface area contributed by atoms with E-state index < -0.39 is 0 Å². The fourth-order valence-electron chi connectivity index (χ4n) is 2.87. The van der Waals surface area contributed by atoms with Crippen LogP contribution in [0.15, 0.2) is 59.6 Å². The summed E-state index contributed by atoms with van der Waals surface area (Å²) in [6, 6.07) is 11.9. The standard InChI is InChI=1S/C20H17N3OS2/c1-3-9-23-16-8-5-13(4-2)10-18(16)26-20(23)22-19(24)14-6-7-15-17(11-14)25-12-21-15/h3,5-8,10-12H,1,4,9H2,2H3. The fraction of sp³-hybridized carbons (Fsp3) is 0.150. The van der Waals surface area contributed by atoms with Crippen molar-refractivity contribution in [1.82, 2.24) is 9.55 Å². The number of rotatable bonds is 4. The van der Waals surface area contributed by atoms with E-state index in [1.807, 2.05) is 22.8 Å². The van der Waals surface area contributed by atoms with Gasteiger partial charge >= 0.3 is 0 Å². The van der Waals surface area contributed by atoms with Crippen LogP contribution in [0, 0.1) is 0 Å². The summed E-state index contributed by atoms with van der Waals surface area (Å²) in [6.07, 6.45) is 2.81. The van der Waals surface area contributed by atoms with E-state index in [1.54, 1.807) is 11.6 Å². The van der Waals surface area contributed by atoms with Gasteiger partial charge in [0.05, 0.1) is 25.9 Å². The first-order valence-electron chi connectivity index (χ1n) is 8.35. The molecule has 0 N–H and O–H groups in total. The van der Waals surface area contributed by atoms with Crippen LogP contribution in [0.4, 0.5) is 0 Å². The number of amides is 1. The maximum absolute atomic E-state index is 12.7. The summed E-state index contributed by atoms with van der Waals surface area (Å²) in [7, 11) is 0. The van der Waals surface area contributed by atoms with Gasteiger partial charge in [0.15, 0.2) is 4.80 Å². The second kappa shape index (κ2) is 6.97. The SMILES string of the molecule is C=CCn1c(=NC(=O)c2ccc3ncsc3c2)sc2cc(CC)ccc21. The number of hydrogen-bond donors (Lipinski definition) is 0. The Morgan fingerprint density at radius 2 is 2.15 bits per heavy atom. The minimum absolute atomic E-state index is 0.236. The first-order chi connectivity index (χ1) is 12.7. The third kappa shape index (κ3) is 3.02. The predicted molar refractivity (Wildman–Crippen MR) is 109 cm³/mol. The summed E-state index contributed by atoms with van der Waals surface area (Å²) in [4.78, 5) is 22.1. The average molecular weight is 380 g/mol. The minimum Gasteiger partial charge on any atom is -0.312 e. The molecule has 0 bridgehead atoms. The number of hydrogen-bond acceptors (Lipinski definition) is 4. The molecule has 2 aromatic heterocycles. The van der Waals surface area contributed by atoms with Gasteiger partial charge in [0, 0.05) is 12.1 Å². The van der Waals surface area contributed by atoms with Gasteiger partial charge in [-0.2, -0.15) is 4.99 Å². The van der Waals surface area contributed by atoms with Crippen molar-refractivity contribution in [3.8, 4) is 0 Å². The molecule has 0 unspecified atom stereocenters. The lowest BCUT2D eigenvalue weighted by Crippen LogP contribution is -2.16. The topological polar surface area (TPSA) is 47.2 Å². The number of aryl methyl sites for hydroxylation is 1. The largest absolute Gasteiger partial charge is 0.312 e. The molecule has 4 aromatic rings. The lowest BCUT2D eigenvalue weighted by atomic mass is 10.2. The van der Waals surface area contributed by atoms with E-state index in [9.17, 15) is 4.79 Å². The normalized spacial score (nSPS) is 12.1. The minimum atomic E-state index is -0.236. The Hall–Kier alpha value is -2.57. The van der Waals surface area contributed by atoms with Crippen molar-refractivity contribution in [2.24, 2.45) is 4.99 Å². The zero-order chi connectivity index (χ0) is 18.1. The Balaban J connectivity index is 1.84. The van der Waals surface area contributed by atoms with Crippen molar-refractivity contribution in [2.75, 3.05) is 0 Å². The zero-order valence-electron chi connectivity index (χ0n) is 14.3. The number of benzene rings is 2. The van der Waals surface area contributed by atoms with Crippen LogP contribution in [0.25, 0.3) is 20.4 Å². The number of aromatic nitrogens is 2. The number of carbonyl (C=O) groups excluding carboxylic acids is 1. The van der Waals surface area contributed by atoms with Crippen molar-refractivity contribution in [1.29, 1.82) is 0 Å². The number of fused-ring (bicyclic) bond motifs is 2. The van der Waals surface area contributed by atoms with Gasteiger partial charge in [0.2, 0.25) is 0 Å². The van der Waals surface area contributed by atoms with Crippen LogP contribution in [-0.2, 0) is 13.0 Å². The molecule has 0 spiro atoms. The van der Waals surface area contributed by atoms with Gasteiger partial charge < -0.3 is 4.57 Å². The molecule has 0 aliphatic carbocycles. The van der Waals surface area contributed by atoms with E-state index in [0.29, 0.717) is 16.9 Å². The summed E-state index contributed by atoms with van der Waals surface area (Å²) in [5, 5.41) is 0. The molecule has 6 heteroatoms. The van der Waals surface area contributed by atoms with Crippen LogP contribution < -0.4 is 4.80 Å². The molecule has 0 aliphatic heterocycles. The van der Waals surface area contributed by atoms with Gasteiger partial charge in [-0.25, -0.2) is 4.98 Å². The molecule has 4 rings (SSSR count). The molecule has 1 amide bonds. The monoisotopic (exact) mass is 379 g/mol. The quantitative estimate of drug-likeness (QED) is 0.478. The third-order valence-corrected chi connectivity index (χ3v) is 6.08. The van der Waals surface area contributed by atoms with Crippen LogP contribution in [0.1, 0.15) is 22.8 Å². The second-order valence-electron chi connectivity index (χ2n) is 5.89. The summed E-state index contributed by atoms with van der Waals surface area (Å²) >= 11 is 3.06. The Morgan fingerprint density at radius 1 is 1.27 bits per heavy atom. The molecule has 4 nitrogen and oxygen atoms in total. The highest BCUT2D eigenvalue weighted by molar-refractivity contribution is 7.17. The van der Waals surface area contributed by atoms with Crippen molar-refractivity contribution >= 4 is 49.0 Å². The van der Waals surface area contributed by atoms with Crippen LogP contribution in [0.3, 0.4) is 0 Å². The van der Waals surface area contributed by atoms with E-state index in [2.05, 4.69) is 41.7 Å². The van der Waals surface area contributed by atoms with E-state index in [0.717, 1.165) is 26.9 Å². The highest BCUT2D eigenvalue weighted by Gasteiger charge is 2.10. The molecule has 2 heterocycles. The number of nitrogens with zero attached hydrogens (tertiary/aromatic N) is 3. The molecule has 2 aromatic carbocycles. The molecule has 26 heavy (non-hydrogen) atoms. The van der Waals surface area contributed by atoms with Crippen LogP contribution in [-0.4, -0.2) is 15.5 Å². The van der Waals surface area contributed by atoms with Crippen molar-refractivity contribution in [2.45, 2.75) is 19.9 Å². The molecule has 0 fully saturated rings. The highest BCUT2D eigenvalue weighted by Crippen LogP contribution is 2.21. The second-order valence-corrected chi connectivity index (χ2v) is 7.79. The highest BCUT2D eigenvalue weighted by atomic mass is 32.1. The van der Waals surface area contributed by atoms with Gasteiger partial charge in [-0.1, -0.05) is 30.4 Å². The molecule has 0 saturated carbocycles. The van der Waals surface area contributed by atoms with E-state index in [4.69, 9.17) is 0 Å². The van der Waals surface area contributed by atoms with Crippen molar-refractivity contribution < 1.29 is 4.79 Å². The molecule has 0 radical (unpaired) electrons. The Labute approximate surface area is 158 Å². The lowest BCUT2D eigenvalue weighted by molar-refractivity contribution is 0.0998. The maximum atomic E-state index is 12.7. The van der Waals surface area contributed by atoms with Crippen molar-refractivity contribution in [3.05, 3.63) is 70.5 Å². The first-order valence-corrected chi connectivity index (χ1v) is 10.0. The summed E-state index contributed by atoms with van der Waals surface area (Å²) in [6.45, 7) is 6.59. The Morgan fingerprint density at radius 3 is 2.96 bits per heavy atom. The van der Waals surface area contributed by atoms with Gasteiger partial charge in [-0.05, 0) is 42.3 Å². The van der Waals surface area contributed by atoms with Crippen LogP contribution in [0.5, 0.6) is 0 Å². The molecular weight excluding hydrogens is 362 g/mol. The number of thiazole rings is 2. The lowest BCUT2D eigenvalue weighted by Gasteiger charge is -2.02. The maximum Gasteiger partial charge on any atom is 0.279 e.